The fraction of sp³-hybridized carbons (Fsp3) is 1.00. The average Bonchev–Trinajstić information content (AvgIpc) is 3.14. The van der Waals surface area contributed by atoms with E-state index in [4.69, 9.17) is 0 Å². The Kier molecular flexibility index (Phi) is 3.18. The van der Waals surface area contributed by atoms with E-state index in [9.17, 15) is 0 Å². The van der Waals surface area contributed by atoms with Gasteiger partial charge in [0.25, 0.3) is 0 Å². The van der Waals surface area contributed by atoms with Gasteiger partial charge in [-0.05, 0) is 58.7 Å². The lowest BCUT2D eigenvalue weighted by Gasteiger charge is -2.47. The van der Waals surface area contributed by atoms with Crippen LogP contribution in [0, 0.1) is 5.92 Å². The van der Waals surface area contributed by atoms with E-state index in [1.54, 1.807) is 0 Å². The Labute approximate surface area is 106 Å². The van der Waals surface area contributed by atoms with Gasteiger partial charge in [-0.1, -0.05) is 0 Å². The number of nitrogens with one attached hydrogen (secondary N) is 1. The number of hydrogen-bond donors (Lipinski definition) is 1. The summed E-state index contributed by atoms with van der Waals surface area (Å²) in [7, 11) is 2.25. The van der Waals surface area contributed by atoms with Crippen molar-refractivity contribution in [3.63, 3.8) is 0 Å². The number of hydrogen-bond acceptors (Lipinski definition) is 3. The van der Waals surface area contributed by atoms with Gasteiger partial charge in [0.05, 0.1) is 0 Å². The first-order chi connectivity index (χ1) is 8.17. The van der Waals surface area contributed by atoms with E-state index >= 15 is 0 Å². The molecule has 0 amide bonds. The predicted octanol–water partition coefficient (Wildman–Crippen LogP) is 1.15. The second kappa shape index (κ2) is 4.52. The molecule has 1 atom stereocenters. The quantitative estimate of drug-likeness (QED) is 0.777. The largest absolute Gasteiger partial charge is 0.309 e. The number of nitrogens with zero attached hydrogens (tertiary/aromatic N) is 2. The van der Waals surface area contributed by atoms with Crippen LogP contribution in [0.3, 0.4) is 0 Å². The van der Waals surface area contributed by atoms with Crippen LogP contribution in [0.25, 0.3) is 0 Å². The summed E-state index contributed by atoms with van der Waals surface area (Å²) >= 11 is 0. The highest BCUT2D eigenvalue weighted by molar-refractivity contribution is 5.03. The van der Waals surface area contributed by atoms with Crippen molar-refractivity contribution in [2.24, 2.45) is 5.92 Å². The van der Waals surface area contributed by atoms with Gasteiger partial charge in [-0.15, -0.1) is 0 Å². The second-order valence-corrected chi connectivity index (χ2v) is 6.62. The molecule has 3 nitrogen and oxygen atoms in total. The van der Waals surface area contributed by atoms with E-state index in [2.05, 4.69) is 29.1 Å². The zero-order valence-electron chi connectivity index (χ0n) is 11.4. The summed E-state index contributed by atoms with van der Waals surface area (Å²) in [6.45, 7) is 8.76. The highest BCUT2D eigenvalue weighted by Crippen LogP contribution is 2.41. The van der Waals surface area contributed by atoms with Crippen LogP contribution in [-0.4, -0.2) is 61.2 Å². The first-order valence-corrected chi connectivity index (χ1v) is 7.35. The van der Waals surface area contributed by atoms with Crippen molar-refractivity contribution < 1.29 is 0 Å². The first-order valence-electron chi connectivity index (χ1n) is 7.35. The molecular weight excluding hydrogens is 210 g/mol. The van der Waals surface area contributed by atoms with E-state index in [0.29, 0.717) is 5.54 Å². The van der Waals surface area contributed by atoms with Gasteiger partial charge in [0.15, 0.2) is 0 Å². The number of piperazine rings is 1. The molecule has 3 heteroatoms. The molecule has 2 aliphatic heterocycles. The standard InChI is InChI=1S/C14H27N3/c1-14(12-3-4-12)11-17(10-7-15-14)13-5-8-16(2)9-6-13/h12-13,15H,3-11H2,1-2H3. The molecule has 0 radical (unpaired) electrons. The minimum Gasteiger partial charge on any atom is -0.309 e. The molecule has 0 aromatic heterocycles. The van der Waals surface area contributed by atoms with E-state index < -0.39 is 0 Å². The smallest absolute Gasteiger partial charge is 0.0309 e. The summed E-state index contributed by atoms with van der Waals surface area (Å²) in [4.78, 5) is 5.25. The minimum absolute atomic E-state index is 0.418. The first kappa shape index (κ1) is 11.9. The summed E-state index contributed by atoms with van der Waals surface area (Å²) in [6, 6.07) is 0.853. The van der Waals surface area contributed by atoms with Gasteiger partial charge in [0, 0.05) is 31.2 Å². The maximum absolute atomic E-state index is 3.78. The van der Waals surface area contributed by atoms with Crippen LogP contribution in [0.2, 0.25) is 0 Å². The molecule has 3 rings (SSSR count). The molecule has 1 aliphatic carbocycles. The number of piperidine rings is 1. The van der Waals surface area contributed by atoms with Gasteiger partial charge in [-0.25, -0.2) is 0 Å². The molecule has 3 aliphatic rings. The summed E-state index contributed by atoms with van der Waals surface area (Å²) in [5.41, 5.74) is 0.418. The molecule has 0 bridgehead atoms. The van der Waals surface area contributed by atoms with Crippen molar-refractivity contribution in [1.29, 1.82) is 0 Å². The fourth-order valence-corrected chi connectivity index (χ4v) is 3.71. The van der Waals surface area contributed by atoms with Gasteiger partial charge in [-0.3, -0.25) is 4.90 Å². The second-order valence-electron chi connectivity index (χ2n) is 6.62. The van der Waals surface area contributed by atoms with Gasteiger partial charge in [0.2, 0.25) is 0 Å². The predicted molar refractivity (Wildman–Crippen MR) is 71.2 cm³/mol. The fourth-order valence-electron chi connectivity index (χ4n) is 3.71. The monoisotopic (exact) mass is 237 g/mol. The van der Waals surface area contributed by atoms with Crippen molar-refractivity contribution in [2.75, 3.05) is 39.8 Å². The summed E-state index contributed by atoms with van der Waals surface area (Å²) in [6.07, 6.45) is 5.64. The molecular formula is C14H27N3. The molecule has 0 aromatic rings. The highest BCUT2D eigenvalue weighted by Gasteiger charge is 2.44. The molecule has 0 spiro atoms. The van der Waals surface area contributed by atoms with Crippen LogP contribution in [-0.2, 0) is 0 Å². The van der Waals surface area contributed by atoms with E-state index in [-0.39, 0.29) is 0 Å². The van der Waals surface area contributed by atoms with Crippen molar-refractivity contribution >= 4 is 0 Å². The maximum atomic E-state index is 3.78. The lowest BCUT2D eigenvalue weighted by atomic mass is 9.90. The number of likely N-dealkylation sites (tertiary alicyclic amines) is 1. The van der Waals surface area contributed by atoms with Crippen LogP contribution in [0.1, 0.15) is 32.6 Å². The molecule has 98 valence electrons. The average molecular weight is 237 g/mol. The molecule has 0 aromatic carbocycles. The highest BCUT2D eigenvalue weighted by atomic mass is 15.3. The SMILES string of the molecule is CN1CCC(N2CCNC(C)(C3CC3)C2)CC1. The Morgan fingerprint density at radius 1 is 1.06 bits per heavy atom. The Hall–Kier alpha value is -0.120. The van der Waals surface area contributed by atoms with Gasteiger partial charge in [-0.2, -0.15) is 0 Å². The molecule has 2 saturated heterocycles. The molecule has 1 saturated carbocycles. The van der Waals surface area contributed by atoms with Crippen molar-refractivity contribution in [3.8, 4) is 0 Å². The Morgan fingerprint density at radius 3 is 2.41 bits per heavy atom. The Bertz CT molecular complexity index is 269. The van der Waals surface area contributed by atoms with Gasteiger partial charge < -0.3 is 10.2 Å². The van der Waals surface area contributed by atoms with Crippen LogP contribution in [0.15, 0.2) is 0 Å². The third-order valence-electron chi connectivity index (χ3n) is 5.14. The van der Waals surface area contributed by atoms with Crippen molar-refractivity contribution in [1.82, 2.24) is 15.1 Å². The topological polar surface area (TPSA) is 18.5 Å². The van der Waals surface area contributed by atoms with E-state index in [1.165, 1.54) is 58.4 Å². The van der Waals surface area contributed by atoms with Gasteiger partial charge in [0.1, 0.15) is 0 Å². The Morgan fingerprint density at radius 2 is 1.76 bits per heavy atom. The summed E-state index contributed by atoms with van der Waals surface area (Å²) in [5.74, 6) is 0.955. The molecule has 2 heterocycles. The zero-order valence-corrected chi connectivity index (χ0v) is 11.4. The van der Waals surface area contributed by atoms with E-state index in [0.717, 1.165) is 12.0 Å². The Balaban J connectivity index is 1.59. The normalized spacial score (nSPS) is 38.5. The van der Waals surface area contributed by atoms with E-state index in [1.807, 2.05) is 0 Å². The lowest BCUT2D eigenvalue weighted by molar-refractivity contribution is 0.0571. The van der Waals surface area contributed by atoms with Crippen LogP contribution < -0.4 is 5.32 Å². The van der Waals surface area contributed by atoms with Crippen LogP contribution in [0.5, 0.6) is 0 Å². The minimum atomic E-state index is 0.418. The summed E-state index contributed by atoms with van der Waals surface area (Å²) in [5, 5.41) is 3.78. The third-order valence-corrected chi connectivity index (χ3v) is 5.14. The van der Waals surface area contributed by atoms with Crippen LogP contribution >= 0.6 is 0 Å². The van der Waals surface area contributed by atoms with Crippen LogP contribution in [0.4, 0.5) is 0 Å². The summed E-state index contributed by atoms with van der Waals surface area (Å²) < 4.78 is 0. The third kappa shape index (κ3) is 2.51. The molecule has 1 N–H and O–H groups in total. The van der Waals surface area contributed by atoms with Gasteiger partial charge >= 0.3 is 0 Å². The lowest BCUT2D eigenvalue weighted by Crippen LogP contribution is -2.62. The zero-order chi connectivity index (χ0) is 11.9. The number of rotatable bonds is 2. The molecule has 1 unspecified atom stereocenters. The van der Waals surface area contributed by atoms with Crippen molar-refractivity contribution in [2.45, 2.75) is 44.2 Å². The maximum Gasteiger partial charge on any atom is 0.0309 e. The molecule has 3 fully saturated rings. The van der Waals surface area contributed by atoms with Crippen molar-refractivity contribution in [3.05, 3.63) is 0 Å². The molecule has 17 heavy (non-hydrogen) atoms.